The third kappa shape index (κ3) is 4.46. The van der Waals surface area contributed by atoms with Gasteiger partial charge in [0.25, 0.3) is 0 Å². The summed E-state index contributed by atoms with van der Waals surface area (Å²) in [7, 11) is -1.48. The average Bonchev–Trinajstić information content (AvgIpc) is 2.52. The molecule has 6 nitrogen and oxygen atoms in total. The van der Waals surface area contributed by atoms with Crippen LogP contribution in [0.1, 0.15) is 42.1 Å². The van der Waals surface area contributed by atoms with Crippen molar-refractivity contribution in [3.05, 3.63) is 40.6 Å². The van der Waals surface area contributed by atoms with Crippen molar-refractivity contribution in [2.24, 2.45) is 0 Å². The molecule has 1 aromatic carbocycles. The van der Waals surface area contributed by atoms with Crippen LogP contribution in [-0.4, -0.2) is 33.7 Å². The molecule has 0 atom stereocenters. The number of nitrogen functional groups attached to an aromatic ring is 1. The van der Waals surface area contributed by atoms with E-state index in [1.807, 2.05) is 26.0 Å². The van der Waals surface area contributed by atoms with Crippen molar-refractivity contribution in [3.8, 4) is 0 Å². The lowest BCUT2D eigenvalue weighted by atomic mass is 9.78. The van der Waals surface area contributed by atoms with Crippen LogP contribution in [0.15, 0.2) is 18.2 Å². The zero-order chi connectivity index (χ0) is 17.7. The molecule has 0 fully saturated rings. The molecule has 0 unspecified atom stereocenters. The molecule has 0 spiro atoms. The van der Waals surface area contributed by atoms with Crippen molar-refractivity contribution in [1.29, 1.82) is 0 Å². The normalized spacial score (nSPS) is 10.7. The quantitative estimate of drug-likeness (QED) is 0.449. The van der Waals surface area contributed by atoms with Crippen LogP contribution in [0, 0.1) is 13.8 Å². The maximum Gasteiger partial charge on any atom is 0.488 e. The Morgan fingerprint density at radius 3 is 2.62 bits per heavy atom. The largest absolute Gasteiger partial charge is 0.488 e. The van der Waals surface area contributed by atoms with E-state index in [4.69, 9.17) is 5.73 Å². The van der Waals surface area contributed by atoms with Gasteiger partial charge in [-0.15, -0.1) is 0 Å². The van der Waals surface area contributed by atoms with E-state index in [2.05, 4.69) is 22.2 Å². The van der Waals surface area contributed by atoms with Gasteiger partial charge < -0.3 is 21.1 Å². The molecule has 5 N–H and O–H groups in total. The van der Waals surface area contributed by atoms with E-state index in [1.165, 1.54) is 0 Å². The third-order valence-electron chi connectivity index (χ3n) is 4.09. The highest BCUT2D eigenvalue weighted by Gasteiger charge is 2.16. The summed E-state index contributed by atoms with van der Waals surface area (Å²) >= 11 is 0. The number of nitrogens with one attached hydrogen (secondary N) is 1. The van der Waals surface area contributed by atoms with Crippen molar-refractivity contribution in [2.45, 2.75) is 40.0 Å². The molecule has 0 saturated carbocycles. The van der Waals surface area contributed by atoms with Crippen molar-refractivity contribution < 1.29 is 10.0 Å². The predicted octanol–water partition coefficient (Wildman–Crippen LogP) is 1.16. The standard InChI is InChI=1S/C17H25BN4O2/c1-4-5-8-20-16-15(12(3)21-17(19)22-16)10-13-9-14(18(23)24)7-6-11(13)2/h6-7,9,23-24H,4-5,8,10H2,1-3H3,(H3,19,20,21,22). The molecule has 0 aliphatic rings. The highest BCUT2D eigenvalue weighted by molar-refractivity contribution is 6.58. The third-order valence-corrected chi connectivity index (χ3v) is 4.09. The van der Waals surface area contributed by atoms with Gasteiger partial charge in [0, 0.05) is 24.2 Å². The fraction of sp³-hybridized carbons (Fsp3) is 0.412. The van der Waals surface area contributed by atoms with E-state index in [1.54, 1.807) is 6.07 Å². The fourth-order valence-electron chi connectivity index (χ4n) is 2.59. The molecule has 24 heavy (non-hydrogen) atoms. The van der Waals surface area contributed by atoms with Crippen molar-refractivity contribution in [1.82, 2.24) is 9.97 Å². The summed E-state index contributed by atoms with van der Waals surface area (Å²) in [5, 5.41) is 22.1. The summed E-state index contributed by atoms with van der Waals surface area (Å²) in [5.74, 6) is 1.01. The summed E-state index contributed by atoms with van der Waals surface area (Å²) in [6.45, 7) is 6.88. The monoisotopic (exact) mass is 328 g/mol. The first-order chi connectivity index (χ1) is 11.4. The molecule has 1 aromatic heterocycles. The number of hydrogen-bond acceptors (Lipinski definition) is 6. The number of nitrogens with two attached hydrogens (primary N) is 1. The van der Waals surface area contributed by atoms with E-state index < -0.39 is 7.12 Å². The Kier molecular flexibility index (Phi) is 6.17. The van der Waals surface area contributed by atoms with Crippen LogP contribution in [0.3, 0.4) is 0 Å². The lowest BCUT2D eigenvalue weighted by molar-refractivity contribution is 0.425. The van der Waals surface area contributed by atoms with Crippen molar-refractivity contribution >= 4 is 24.3 Å². The molecule has 0 radical (unpaired) electrons. The highest BCUT2D eigenvalue weighted by Crippen LogP contribution is 2.22. The second-order valence-corrected chi connectivity index (χ2v) is 6.01. The number of nitrogens with zero attached hydrogens (tertiary/aromatic N) is 2. The molecule has 128 valence electrons. The number of hydrogen-bond donors (Lipinski definition) is 4. The molecule has 0 saturated heterocycles. The minimum Gasteiger partial charge on any atom is -0.423 e. The van der Waals surface area contributed by atoms with Gasteiger partial charge in [-0.25, -0.2) is 4.98 Å². The Hall–Kier alpha value is -2.12. The van der Waals surface area contributed by atoms with Crippen LogP contribution in [0.5, 0.6) is 0 Å². The molecule has 0 bridgehead atoms. The zero-order valence-corrected chi connectivity index (χ0v) is 14.5. The minimum absolute atomic E-state index is 0.256. The van der Waals surface area contributed by atoms with Gasteiger partial charge in [0.15, 0.2) is 0 Å². The van der Waals surface area contributed by atoms with Gasteiger partial charge in [-0.1, -0.05) is 31.5 Å². The van der Waals surface area contributed by atoms with Crippen LogP contribution in [0.2, 0.25) is 0 Å². The topological polar surface area (TPSA) is 104 Å². The number of benzene rings is 1. The van der Waals surface area contributed by atoms with Crippen LogP contribution < -0.4 is 16.5 Å². The number of rotatable bonds is 7. The zero-order valence-electron chi connectivity index (χ0n) is 14.5. The second-order valence-electron chi connectivity index (χ2n) is 6.01. The average molecular weight is 328 g/mol. The van der Waals surface area contributed by atoms with Crippen LogP contribution in [0.25, 0.3) is 0 Å². The Balaban J connectivity index is 2.36. The smallest absolute Gasteiger partial charge is 0.423 e. The first kappa shape index (κ1) is 18.2. The van der Waals surface area contributed by atoms with E-state index >= 15 is 0 Å². The molecule has 1 heterocycles. The van der Waals surface area contributed by atoms with E-state index in [0.29, 0.717) is 11.9 Å². The first-order valence-electron chi connectivity index (χ1n) is 8.24. The number of aryl methyl sites for hydroxylation is 2. The summed E-state index contributed by atoms with van der Waals surface area (Å²) in [4.78, 5) is 8.62. The maximum absolute atomic E-state index is 9.40. The van der Waals surface area contributed by atoms with Gasteiger partial charge in [0.1, 0.15) is 5.82 Å². The Morgan fingerprint density at radius 2 is 1.96 bits per heavy atom. The molecular formula is C17H25BN4O2. The van der Waals surface area contributed by atoms with E-state index in [9.17, 15) is 10.0 Å². The molecule has 2 rings (SSSR count). The number of unbranched alkanes of at least 4 members (excludes halogenated alkanes) is 1. The number of anilines is 2. The highest BCUT2D eigenvalue weighted by atomic mass is 16.4. The molecule has 0 aliphatic heterocycles. The van der Waals surface area contributed by atoms with E-state index in [0.717, 1.165) is 47.6 Å². The summed E-state index contributed by atoms with van der Waals surface area (Å²) in [5.41, 5.74) is 10.2. The minimum atomic E-state index is -1.48. The maximum atomic E-state index is 9.40. The summed E-state index contributed by atoms with van der Waals surface area (Å²) in [6.07, 6.45) is 2.75. The molecule has 7 heteroatoms. The lowest BCUT2D eigenvalue weighted by Gasteiger charge is -2.15. The Morgan fingerprint density at radius 1 is 1.21 bits per heavy atom. The van der Waals surface area contributed by atoms with Gasteiger partial charge >= 0.3 is 7.12 Å². The van der Waals surface area contributed by atoms with Crippen LogP contribution >= 0.6 is 0 Å². The first-order valence-corrected chi connectivity index (χ1v) is 8.24. The van der Waals surface area contributed by atoms with Gasteiger partial charge in [-0.05, 0) is 36.9 Å². The predicted molar refractivity (Wildman–Crippen MR) is 98.4 cm³/mol. The fourth-order valence-corrected chi connectivity index (χ4v) is 2.59. The molecule has 0 amide bonds. The van der Waals surface area contributed by atoms with Crippen LogP contribution in [-0.2, 0) is 6.42 Å². The Bertz CT molecular complexity index is 707. The van der Waals surface area contributed by atoms with E-state index in [-0.39, 0.29) is 5.95 Å². The molecule has 0 aliphatic carbocycles. The Labute approximate surface area is 143 Å². The van der Waals surface area contributed by atoms with Crippen molar-refractivity contribution in [3.63, 3.8) is 0 Å². The number of aromatic nitrogens is 2. The second kappa shape index (κ2) is 8.12. The van der Waals surface area contributed by atoms with Gasteiger partial charge in [0.2, 0.25) is 5.95 Å². The van der Waals surface area contributed by atoms with Gasteiger partial charge in [-0.2, -0.15) is 4.98 Å². The van der Waals surface area contributed by atoms with Gasteiger partial charge in [-0.3, -0.25) is 0 Å². The van der Waals surface area contributed by atoms with Gasteiger partial charge in [0.05, 0.1) is 0 Å². The molecule has 2 aromatic rings. The molecular weight excluding hydrogens is 303 g/mol. The summed E-state index contributed by atoms with van der Waals surface area (Å²) in [6, 6.07) is 5.42. The van der Waals surface area contributed by atoms with Crippen molar-refractivity contribution in [2.75, 3.05) is 17.6 Å². The lowest BCUT2D eigenvalue weighted by Crippen LogP contribution is -2.30. The SMILES string of the molecule is CCCCNc1nc(N)nc(C)c1Cc1cc(B(O)O)ccc1C. The summed E-state index contributed by atoms with van der Waals surface area (Å²) < 4.78 is 0. The van der Waals surface area contributed by atoms with Crippen LogP contribution in [0.4, 0.5) is 11.8 Å².